The van der Waals surface area contributed by atoms with Gasteiger partial charge >= 0.3 is 6.18 Å². The summed E-state index contributed by atoms with van der Waals surface area (Å²) in [6.07, 6.45) is -4.63. The van der Waals surface area contributed by atoms with E-state index in [2.05, 4.69) is 10.6 Å². The molecule has 4 aromatic carbocycles. The van der Waals surface area contributed by atoms with Crippen molar-refractivity contribution in [3.63, 3.8) is 0 Å². The van der Waals surface area contributed by atoms with Crippen LogP contribution in [-0.2, 0) is 11.0 Å². The van der Waals surface area contributed by atoms with E-state index in [1.165, 1.54) is 12.1 Å². The molecule has 0 bridgehead atoms. The van der Waals surface area contributed by atoms with E-state index < -0.39 is 23.7 Å². The van der Waals surface area contributed by atoms with Gasteiger partial charge in [0, 0.05) is 11.3 Å². The van der Waals surface area contributed by atoms with E-state index in [1.54, 1.807) is 36.4 Å². The van der Waals surface area contributed by atoms with Crippen LogP contribution in [0.3, 0.4) is 0 Å². The lowest BCUT2D eigenvalue weighted by atomic mass is 10.0. The number of alkyl halides is 3. The van der Waals surface area contributed by atoms with Crippen LogP contribution in [0, 0.1) is 0 Å². The van der Waals surface area contributed by atoms with E-state index in [-0.39, 0.29) is 12.3 Å². The van der Waals surface area contributed by atoms with Crippen LogP contribution in [0.4, 0.5) is 18.9 Å². The number of benzene rings is 4. The predicted molar refractivity (Wildman–Crippen MR) is 125 cm³/mol. The Hall–Kier alpha value is -4.13. The van der Waals surface area contributed by atoms with Gasteiger partial charge in [0.2, 0.25) is 5.91 Å². The van der Waals surface area contributed by atoms with E-state index >= 15 is 0 Å². The summed E-state index contributed by atoms with van der Waals surface area (Å²) >= 11 is 0. The third-order valence-corrected chi connectivity index (χ3v) is 5.40. The summed E-state index contributed by atoms with van der Waals surface area (Å²) in [4.78, 5) is 25.6. The van der Waals surface area contributed by atoms with Gasteiger partial charge in [-0.25, -0.2) is 0 Å². The monoisotopic (exact) mass is 462 g/mol. The van der Waals surface area contributed by atoms with Crippen molar-refractivity contribution in [2.45, 2.75) is 18.6 Å². The number of carbonyl (C=O) groups is 2. The molecule has 0 aliphatic rings. The molecular weight excluding hydrogens is 441 g/mol. The lowest BCUT2D eigenvalue weighted by Gasteiger charge is -2.20. The molecule has 1 atom stereocenters. The van der Waals surface area contributed by atoms with Gasteiger partial charge in [0.05, 0.1) is 18.0 Å². The fourth-order valence-electron chi connectivity index (χ4n) is 3.65. The maximum absolute atomic E-state index is 13.0. The second-order valence-electron chi connectivity index (χ2n) is 7.83. The zero-order valence-electron chi connectivity index (χ0n) is 18.0. The Kier molecular flexibility index (Phi) is 6.63. The van der Waals surface area contributed by atoms with Crippen molar-refractivity contribution in [1.82, 2.24) is 5.32 Å². The van der Waals surface area contributed by atoms with Crippen molar-refractivity contribution >= 4 is 28.3 Å². The zero-order valence-corrected chi connectivity index (χ0v) is 18.0. The topological polar surface area (TPSA) is 58.2 Å². The molecule has 0 heterocycles. The second kappa shape index (κ2) is 9.79. The molecule has 0 unspecified atom stereocenters. The fraction of sp³-hybridized carbons (Fsp3) is 0.111. The van der Waals surface area contributed by atoms with Crippen LogP contribution in [0.5, 0.6) is 0 Å². The van der Waals surface area contributed by atoms with Crippen molar-refractivity contribution in [2.24, 2.45) is 0 Å². The van der Waals surface area contributed by atoms with Gasteiger partial charge in [-0.1, -0.05) is 60.7 Å². The third kappa shape index (κ3) is 5.61. The number of fused-ring (bicyclic) bond motifs is 1. The molecule has 0 saturated carbocycles. The Morgan fingerprint density at radius 2 is 1.41 bits per heavy atom. The van der Waals surface area contributed by atoms with Gasteiger partial charge in [-0.05, 0) is 52.7 Å². The highest BCUT2D eigenvalue weighted by molar-refractivity contribution is 5.97. The Balaban J connectivity index is 1.54. The van der Waals surface area contributed by atoms with E-state index in [4.69, 9.17) is 0 Å². The molecule has 0 radical (unpaired) electrons. The molecule has 4 nitrogen and oxygen atoms in total. The number of hydrogen-bond donors (Lipinski definition) is 2. The largest absolute Gasteiger partial charge is 0.416 e. The van der Waals surface area contributed by atoms with Crippen molar-refractivity contribution in [1.29, 1.82) is 0 Å². The van der Waals surface area contributed by atoms with Crippen molar-refractivity contribution in [3.05, 3.63) is 114 Å². The summed E-state index contributed by atoms with van der Waals surface area (Å²) in [7, 11) is 0. The molecule has 0 spiro atoms. The first-order valence-corrected chi connectivity index (χ1v) is 10.6. The first kappa shape index (κ1) is 23.0. The highest BCUT2D eigenvalue weighted by Crippen LogP contribution is 2.30. The van der Waals surface area contributed by atoms with Crippen molar-refractivity contribution in [2.75, 3.05) is 5.32 Å². The van der Waals surface area contributed by atoms with Gasteiger partial charge in [-0.3, -0.25) is 9.59 Å². The summed E-state index contributed by atoms with van der Waals surface area (Å²) in [6.45, 7) is 0. The van der Waals surface area contributed by atoms with Crippen LogP contribution in [0.15, 0.2) is 97.1 Å². The number of nitrogens with one attached hydrogen (secondary N) is 2. The molecular formula is C27H21F3N2O2. The Labute approximate surface area is 194 Å². The Morgan fingerprint density at radius 3 is 2.09 bits per heavy atom. The minimum absolute atomic E-state index is 0.156. The summed E-state index contributed by atoms with van der Waals surface area (Å²) in [6, 6.07) is 25.2. The number of hydrogen-bond acceptors (Lipinski definition) is 2. The smallest absolute Gasteiger partial charge is 0.345 e. The first-order chi connectivity index (χ1) is 16.3. The highest BCUT2D eigenvalue weighted by Gasteiger charge is 2.30. The number of carbonyl (C=O) groups excluding carboxylic acids is 2. The van der Waals surface area contributed by atoms with Crippen LogP contribution >= 0.6 is 0 Å². The standard InChI is InChI=1S/C27H21F3N2O2/c28-27(29,30)22-13-10-19(11-14-22)24(32-26(34)20-7-2-1-3-8-20)17-25(33)31-23-15-12-18-6-4-5-9-21(18)16-23/h1-16,24H,17H2,(H,31,33)(H,32,34)/t24-/m0/s1. The molecule has 2 amide bonds. The molecule has 0 aliphatic carbocycles. The van der Waals surface area contributed by atoms with Crippen LogP contribution in [0.25, 0.3) is 10.8 Å². The van der Waals surface area contributed by atoms with Gasteiger partial charge in [0.25, 0.3) is 5.91 Å². The number of halogens is 3. The molecule has 34 heavy (non-hydrogen) atoms. The maximum atomic E-state index is 13.0. The Bertz CT molecular complexity index is 1300. The molecule has 0 aliphatic heterocycles. The van der Waals surface area contributed by atoms with E-state index in [1.807, 2.05) is 36.4 Å². The predicted octanol–water partition coefficient (Wildman–Crippen LogP) is 6.36. The second-order valence-corrected chi connectivity index (χ2v) is 7.83. The summed E-state index contributed by atoms with van der Waals surface area (Å²) in [5.41, 5.74) is 0.564. The van der Waals surface area contributed by atoms with Crippen LogP contribution in [0.2, 0.25) is 0 Å². The number of rotatable bonds is 6. The molecule has 4 rings (SSSR count). The molecule has 2 N–H and O–H groups in total. The normalized spacial score (nSPS) is 12.2. The van der Waals surface area contributed by atoms with Gasteiger partial charge in [-0.15, -0.1) is 0 Å². The SMILES string of the molecule is O=C(C[C@H](NC(=O)c1ccccc1)c1ccc(C(F)(F)F)cc1)Nc1ccc2ccccc2c1. The number of amides is 2. The fourth-order valence-corrected chi connectivity index (χ4v) is 3.65. The molecule has 0 aromatic heterocycles. The van der Waals surface area contributed by atoms with E-state index in [9.17, 15) is 22.8 Å². The van der Waals surface area contributed by atoms with Crippen molar-refractivity contribution < 1.29 is 22.8 Å². The van der Waals surface area contributed by atoms with Gasteiger partial charge in [0.1, 0.15) is 0 Å². The molecule has 7 heteroatoms. The molecule has 0 fully saturated rings. The van der Waals surface area contributed by atoms with Gasteiger partial charge < -0.3 is 10.6 Å². The molecule has 0 saturated heterocycles. The summed E-state index contributed by atoms with van der Waals surface area (Å²) in [5.74, 6) is -0.808. The summed E-state index contributed by atoms with van der Waals surface area (Å²) < 4.78 is 38.9. The third-order valence-electron chi connectivity index (χ3n) is 5.40. The van der Waals surface area contributed by atoms with Gasteiger partial charge in [-0.2, -0.15) is 13.2 Å². The average molecular weight is 462 g/mol. The lowest BCUT2D eigenvalue weighted by Crippen LogP contribution is -2.31. The van der Waals surface area contributed by atoms with E-state index in [0.29, 0.717) is 16.8 Å². The minimum atomic E-state index is -4.48. The first-order valence-electron chi connectivity index (χ1n) is 10.6. The minimum Gasteiger partial charge on any atom is -0.345 e. The van der Waals surface area contributed by atoms with E-state index in [0.717, 1.165) is 22.9 Å². The van der Waals surface area contributed by atoms with Crippen LogP contribution in [-0.4, -0.2) is 11.8 Å². The Morgan fingerprint density at radius 1 is 0.765 bits per heavy atom. The summed E-state index contributed by atoms with van der Waals surface area (Å²) in [5, 5.41) is 7.57. The van der Waals surface area contributed by atoms with Crippen LogP contribution < -0.4 is 10.6 Å². The molecule has 4 aromatic rings. The lowest BCUT2D eigenvalue weighted by molar-refractivity contribution is -0.137. The van der Waals surface area contributed by atoms with Gasteiger partial charge in [0.15, 0.2) is 0 Å². The maximum Gasteiger partial charge on any atom is 0.416 e. The highest BCUT2D eigenvalue weighted by atomic mass is 19.4. The quantitative estimate of drug-likeness (QED) is 0.350. The molecule has 172 valence electrons. The number of anilines is 1. The van der Waals surface area contributed by atoms with Crippen molar-refractivity contribution in [3.8, 4) is 0 Å². The van der Waals surface area contributed by atoms with Crippen LogP contribution in [0.1, 0.15) is 33.9 Å². The zero-order chi connectivity index (χ0) is 24.1. The average Bonchev–Trinajstić information content (AvgIpc) is 2.83.